The molecule has 1 aliphatic heterocycles. The smallest absolute Gasteiger partial charge is 0.229 e. The molecule has 0 radical (unpaired) electrons. The molecule has 1 fully saturated rings. The number of aromatic hydroxyl groups is 1. The Labute approximate surface area is 189 Å². The Bertz CT molecular complexity index is 1140. The van der Waals surface area contributed by atoms with Crippen molar-refractivity contribution in [3.63, 3.8) is 0 Å². The molecular formula is C24H26O9. The van der Waals surface area contributed by atoms with Gasteiger partial charge < -0.3 is 39.4 Å². The van der Waals surface area contributed by atoms with Crippen LogP contribution < -0.4 is 4.74 Å². The second kappa shape index (κ2) is 9.50. The SMILES string of the molecule is Cc1ccc(O)c(C(=O)CCc2ccc3occc3c2)c1O[C@@H]1O[C@H](CO)[C@@H](O)[C@H](O)[C@H]1O. The van der Waals surface area contributed by atoms with Gasteiger partial charge in [-0.2, -0.15) is 0 Å². The molecule has 1 aliphatic rings. The maximum atomic E-state index is 13.1. The summed E-state index contributed by atoms with van der Waals surface area (Å²) in [6.45, 7) is 1.04. The average Bonchev–Trinajstić information content (AvgIpc) is 3.28. The molecule has 5 N–H and O–H groups in total. The van der Waals surface area contributed by atoms with Gasteiger partial charge in [0.25, 0.3) is 0 Å². The number of fused-ring (bicyclic) bond motifs is 1. The first-order valence-electron chi connectivity index (χ1n) is 10.6. The zero-order valence-corrected chi connectivity index (χ0v) is 17.9. The van der Waals surface area contributed by atoms with Gasteiger partial charge in [0.05, 0.1) is 12.9 Å². The van der Waals surface area contributed by atoms with E-state index in [1.165, 1.54) is 12.1 Å². The van der Waals surface area contributed by atoms with Crippen LogP contribution in [-0.2, 0) is 11.2 Å². The summed E-state index contributed by atoms with van der Waals surface area (Å²) in [7, 11) is 0. The lowest BCUT2D eigenvalue weighted by molar-refractivity contribution is -0.277. The summed E-state index contributed by atoms with van der Waals surface area (Å²) in [6, 6.07) is 10.4. The highest BCUT2D eigenvalue weighted by atomic mass is 16.7. The fourth-order valence-electron chi connectivity index (χ4n) is 3.93. The van der Waals surface area contributed by atoms with Crippen LogP contribution in [0, 0.1) is 6.92 Å². The number of rotatable bonds is 7. The zero-order valence-electron chi connectivity index (χ0n) is 17.9. The zero-order chi connectivity index (χ0) is 23.7. The third-order valence-corrected chi connectivity index (χ3v) is 5.85. The number of furan rings is 1. The first kappa shape index (κ1) is 23.2. The van der Waals surface area contributed by atoms with E-state index in [9.17, 15) is 30.3 Å². The number of ether oxygens (including phenoxy) is 2. The van der Waals surface area contributed by atoms with Gasteiger partial charge in [0, 0.05) is 11.8 Å². The van der Waals surface area contributed by atoms with Crippen LogP contribution in [-0.4, -0.2) is 68.6 Å². The predicted molar refractivity (Wildman–Crippen MR) is 116 cm³/mol. The van der Waals surface area contributed by atoms with E-state index in [2.05, 4.69) is 0 Å². The third-order valence-electron chi connectivity index (χ3n) is 5.85. The Balaban J connectivity index is 1.56. The van der Waals surface area contributed by atoms with Crippen LogP contribution in [0.15, 0.2) is 47.1 Å². The number of aliphatic hydroxyl groups excluding tert-OH is 4. The van der Waals surface area contributed by atoms with Gasteiger partial charge in [-0.05, 0) is 48.7 Å². The molecule has 2 heterocycles. The fourth-order valence-corrected chi connectivity index (χ4v) is 3.93. The van der Waals surface area contributed by atoms with Gasteiger partial charge in [-0.15, -0.1) is 0 Å². The van der Waals surface area contributed by atoms with E-state index >= 15 is 0 Å². The maximum absolute atomic E-state index is 13.1. The van der Waals surface area contributed by atoms with Gasteiger partial charge in [-0.3, -0.25) is 4.79 Å². The molecule has 3 aromatic rings. The summed E-state index contributed by atoms with van der Waals surface area (Å²) in [5.41, 5.74) is 2.08. The van der Waals surface area contributed by atoms with Crippen molar-refractivity contribution in [2.24, 2.45) is 0 Å². The van der Waals surface area contributed by atoms with Gasteiger partial charge in [0.2, 0.25) is 6.29 Å². The van der Waals surface area contributed by atoms with Crippen molar-refractivity contribution >= 4 is 16.8 Å². The molecule has 1 aromatic heterocycles. The largest absolute Gasteiger partial charge is 0.507 e. The van der Waals surface area contributed by atoms with Gasteiger partial charge in [-0.25, -0.2) is 0 Å². The van der Waals surface area contributed by atoms with Crippen LogP contribution in [0.25, 0.3) is 11.0 Å². The summed E-state index contributed by atoms with van der Waals surface area (Å²) in [5, 5.41) is 51.0. The van der Waals surface area contributed by atoms with E-state index in [0.717, 1.165) is 16.5 Å². The summed E-state index contributed by atoms with van der Waals surface area (Å²) >= 11 is 0. The Morgan fingerprint density at radius 2 is 1.85 bits per heavy atom. The first-order chi connectivity index (χ1) is 15.8. The molecule has 2 aromatic carbocycles. The average molecular weight is 458 g/mol. The number of Topliss-reactive ketones (excluding diaryl/α,β-unsaturated/α-hetero) is 1. The summed E-state index contributed by atoms with van der Waals surface area (Å²) < 4.78 is 16.5. The number of hydrogen-bond donors (Lipinski definition) is 5. The van der Waals surface area contributed by atoms with E-state index in [0.29, 0.717) is 12.0 Å². The third kappa shape index (κ3) is 4.59. The quantitative estimate of drug-likeness (QED) is 0.331. The molecule has 1 saturated heterocycles. The number of carbonyl (C=O) groups excluding carboxylic acids is 1. The molecule has 0 saturated carbocycles. The van der Waals surface area contributed by atoms with E-state index in [-0.39, 0.29) is 29.3 Å². The maximum Gasteiger partial charge on any atom is 0.229 e. The number of benzene rings is 2. The van der Waals surface area contributed by atoms with E-state index in [4.69, 9.17) is 13.9 Å². The minimum Gasteiger partial charge on any atom is -0.507 e. The second-order valence-corrected chi connectivity index (χ2v) is 8.14. The van der Waals surface area contributed by atoms with Crippen LogP contribution in [0.2, 0.25) is 0 Å². The van der Waals surface area contributed by atoms with Crippen LogP contribution in [0.5, 0.6) is 11.5 Å². The molecule has 9 nitrogen and oxygen atoms in total. The van der Waals surface area contributed by atoms with Crippen LogP contribution in [0.4, 0.5) is 0 Å². The molecule has 0 spiro atoms. The predicted octanol–water partition coefficient (Wildman–Crippen LogP) is 1.44. The number of phenols is 1. The van der Waals surface area contributed by atoms with Crippen molar-refractivity contribution in [2.75, 3.05) is 6.61 Å². The Morgan fingerprint density at radius 1 is 1.06 bits per heavy atom. The van der Waals surface area contributed by atoms with Crippen molar-refractivity contribution in [2.45, 2.75) is 50.5 Å². The molecule has 0 unspecified atom stereocenters. The topological polar surface area (TPSA) is 150 Å². The number of aliphatic hydroxyl groups is 4. The number of carbonyl (C=O) groups is 1. The molecular weight excluding hydrogens is 432 g/mol. The highest BCUT2D eigenvalue weighted by Crippen LogP contribution is 2.35. The van der Waals surface area contributed by atoms with E-state index in [1.807, 2.05) is 24.3 Å². The lowest BCUT2D eigenvalue weighted by Gasteiger charge is -2.39. The Kier molecular flexibility index (Phi) is 6.68. The Morgan fingerprint density at radius 3 is 2.61 bits per heavy atom. The van der Waals surface area contributed by atoms with Crippen molar-refractivity contribution in [1.29, 1.82) is 0 Å². The van der Waals surface area contributed by atoms with Crippen LogP contribution in [0.3, 0.4) is 0 Å². The van der Waals surface area contributed by atoms with Crippen molar-refractivity contribution in [3.8, 4) is 11.5 Å². The van der Waals surface area contributed by atoms with Crippen LogP contribution in [0.1, 0.15) is 27.9 Å². The molecule has 5 atom stereocenters. The van der Waals surface area contributed by atoms with Gasteiger partial charge >= 0.3 is 0 Å². The lowest BCUT2D eigenvalue weighted by Crippen LogP contribution is -2.60. The molecule has 0 bridgehead atoms. The van der Waals surface area contributed by atoms with Crippen molar-refractivity contribution in [1.82, 2.24) is 0 Å². The molecule has 4 rings (SSSR count). The van der Waals surface area contributed by atoms with E-state index in [1.54, 1.807) is 13.2 Å². The molecule has 33 heavy (non-hydrogen) atoms. The summed E-state index contributed by atoms with van der Waals surface area (Å²) in [4.78, 5) is 13.1. The standard InChI is InChI=1S/C24H26O9/c1-12-2-5-15(26)19(16(27)6-3-13-4-7-17-14(10-13)8-9-31-17)23(12)33-24-22(30)21(29)20(28)18(11-25)32-24/h2,4-5,7-10,18,20-22,24-26,28-30H,3,6,11H2,1H3/t18-,20-,21+,22-,24+/m1/s1. The highest BCUT2D eigenvalue weighted by molar-refractivity contribution is 6.01. The van der Waals surface area contributed by atoms with Gasteiger partial charge in [0.15, 0.2) is 5.78 Å². The second-order valence-electron chi connectivity index (χ2n) is 8.14. The number of hydrogen-bond acceptors (Lipinski definition) is 9. The summed E-state index contributed by atoms with van der Waals surface area (Å²) in [6.07, 6.45) is -5.38. The van der Waals surface area contributed by atoms with Gasteiger partial charge in [0.1, 0.15) is 47.1 Å². The van der Waals surface area contributed by atoms with Crippen LogP contribution >= 0.6 is 0 Å². The molecule has 0 amide bonds. The molecule has 9 heteroatoms. The molecule has 0 aliphatic carbocycles. The highest BCUT2D eigenvalue weighted by Gasteiger charge is 2.45. The molecule has 176 valence electrons. The number of aryl methyl sites for hydroxylation is 2. The monoisotopic (exact) mass is 458 g/mol. The minimum atomic E-state index is -1.64. The Hall–Kier alpha value is -2.95. The normalized spacial score (nSPS) is 25.3. The van der Waals surface area contributed by atoms with Crippen molar-refractivity contribution < 1.29 is 44.2 Å². The lowest BCUT2D eigenvalue weighted by atomic mass is 9.97. The van der Waals surface area contributed by atoms with Gasteiger partial charge in [-0.1, -0.05) is 12.1 Å². The summed E-state index contributed by atoms with van der Waals surface area (Å²) in [5.74, 6) is -0.687. The number of phenolic OH excluding ortho intramolecular Hbond substituents is 1. The van der Waals surface area contributed by atoms with E-state index < -0.39 is 37.3 Å². The first-order valence-corrected chi connectivity index (χ1v) is 10.6. The fraction of sp³-hybridized carbons (Fsp3) is 0.375. The van der Waals surface area contributed by atoms with Crippen molar-refractivity contribution in [3.05, 3.63) is 59.4 Å². The number of ketones is 1. The minimum absolute atomic E-state index is 0.00498.